The minimum absolute atomic E-state index is 0.599. The van der Waals surface area contributed by atoms with Crippen LogP contribution in [0.3, 0.4) is 0 Å². The molecule has 20 heavy (non-hydrogen) atoms. The van der Waals surface area contributed by atoms with Crippen LogP contribution in [0.15, 0.2) is 30.3 Å². The van der Waals surface area contributed by atoms with E-state index < -0.39 is 5.60 Å². The first-order valence-electron chi connectivity index (χ1n) is 7.67. The van der Waals surface area contributed by atoms with E-state index >= 15 is 0 Å². The molecule has 0 amide bonds. The molecule has 0 radical (unpaired) electrons. The Morgan fingerprint density at radius 3 is 2.50 bits per heavy atom. The number of hydrogen-bond donors (Lipinski definition) is 1. The Morgan fingerprint density at radius 1 is 1.15 bits per heavy atom. The Hall–Kier alpha value is -0.900. The van der Waals surface area contributed by atoms with Crippen LogP contribution in [0.4, 0.5) is 0 Å². The molecular formula is C17H28N2O. The van der Waals surface area contributed by atoms with Crippen molar-refractivity contribution in [3.63, 3.8) is 0 Å². The fraction of sp³-hybridized carbons (Fsp3) is 0.647. The van der Waals surface area contributed by atoms with Gasteiger partial charge in [0.25, 0.3) is 0 Å². The lowest BCUT2D eigenvalue weighted by atomic mass is 10.1. The molecular weight excluding hydrogens is 248 g/mol. The summed E-state index contributed by atoms with van der Waals surface area (Å²) in [4.78, 5) is 4.95. The molecule has 1 unspecified atom stereocenters. The highest BCUT2D eigenvalue weighted by Crippen LogP contribution is 2.16. The molecule has 3 heteroatoms. The van der Waals surface area contributed by atoms with E-state index in [1.165, 1.54) is 12.0 Å². The normalized spacial score (nSPS) is 22.7. The third kappa shape index (κ3) is 4.89. The van der Waals surface area contributed by atoms with Gasteiger partial charge < -0.3 is 5.11 Å². The van der Waals surface area contributed by atoms with E-state index in [-0.39, 0.29) is 0 Å². The minimum atomic E-state index is -0.599. The molecule has 1 heterocycles. The fourth-order valence-corrected chi connectivity index (χ4v) is 2.91. The lowest BCUT2D eigenvalue weighted by molar-refractivity contribution is 0.0374. The van der Waals surface area contributed by atoms with Gasteiger partial charge in [0.2, 0.25) is 0 Å². The molecule has 1 atom stereocenters. The Bertz CT molecular complexity index is 399. The maximum absolute atomic E-state index is 9.97. The lowest BCUT2D eigenvalue weighted by Crippen LogP contribution is -2.40. The smallest absolute Gasteiger partial charge is 0.0718 e. The van der Waals surface area contributed by atoms with Gasteiger partial charge in [-0.2, -0.15) is 0 Å². The number of nitrogens with zero attached hydrogens (tertiary/aromatic N) is 2. The fourth-order valence-electron chi connectivity index (χ4n) is 2.91. The monoisotopic (exact) mass is 276 g/mol. The molecule has 1 N–H and O–H groups in total. The van der Waals surface area contributed by atoms with Crippen molar-refractivity contribution < 1.29 is 5.11 Å². The Labute approximate surface area is 123 Å². The predicted octanol–water partition coefficient (Wildman–Crippen LogP) is 2.35. The number of benzene rings is 1. The molecule has 1 aromatic carbocycles. The second kappa shape index (κ2) is 6.70. The third-order valence-corrected chi connectivity index (χ3v) is 4.03. The van der Waals surface area contributed by atoms with Crippen molar-refractivity contribution in [2.24, 2.45) is 0 Å². The van der Waals surface area contributed by atoms with E-state index in [0.29, 0.717) is 6.04 Å². The molecule has 0 aromatic heterocycles. The highest BCUT2D eigenvalue weighted by molar-refractivity contribution is 5.14. The molecule has 1 fully saturated rings. The zero-order chi connectivity index (χ0) is 14.6. The molecule has 3 nitrogen and oxygen atoms in total. The predicted molar refractivity (Wildman–Crippen MR) is 83.7 cm³/mol. The minimum Gasteiger partial charge on any atom is -0.389 e. The second-order valence-electron chi connectivity index (χ2n) is 6.68. The SMILES string of the molecule is CC1CCN(CC(C)(C)O)CCN1Cc1ccccc1. The van der Waals surface area contributed by atoms with Crippen LogP contribution in [0.2, 0.25) is 0 Å². The van der Waals surface area contributed by atoms with Crippen molar-refractivity contribution in [1.82, 2.24) is 9.80 Å². The average molecular weight is 276 g/mol. The maximum Gasteiger partial charge on any atom is 0.0718 e. The van der Waals surface area contributed by atoms with Crippen molar-refractivity contribution in [2.75, 3.05) is 26.2 Å². The molecule has 0 saturated carbocycles. The molecule has 1 saturated heterocycles. The van der Waals surface area contributed by atoms with E-state index in [1.54, 1.807) is 0 Å². The summed E-state index contributed by atoms with van der Waals surface area (Å²) in [7, 11) is 0. The zero-order valence-electron chi connectivity index (χ0n) is 13.0. The summed E-state index contributed by atoms with van der Waals surface area (Å²) in [6, 6.07) is 11.3. The van der Waals surface area contributed by atoms with Crippen molar-refractivity contribution >= 4 is 0 Å². The van der Waals surface area contributed by atoms with Crippen LogP contribution in [-0.2, 0) is 6.54 Å². The van der Waals surface area contributed by atoms with Crippen LogP contribution in [0, 0.1) is 0 Å². The standard InChI is InChI=1S/C17H28N2O/c1-15-9-10-18(14-17(2,3)20)11-12-19(15)13-16-7-5-4-6-8-16/h4-8,15,20H,9-14H2,1-3H3. The maximum atomic E-state index is 9.97. The van der Waals surface area contributed by atoms with E-state index in [4.69, 9.17) is 0 Å². The van der Waals surface area contributed by atoms with Crippen LogP contribution >= 0.6 is 0 Å². The summed E-state index contributed by atoms with van der Waals surface area (Å²) in [5, 5.41) is 9.97. The first-order chi connectivity index (χ1) is 9.44. The number of β-amino-alcohol motifs (C(OH)–C–C–N with tert-alkyl or cyclic N) is 1. The van der Waals surface area contributed by atoms with E-state index in [1.807, 2.05) is 13.8 Å². The summed E-state index contributed by atoms with van der Waals surface area (Å²) in [5.41, 5.74) is 0.785. The van der Waals surface area contributed by atoms with Gasteiger partial charge in [0, 0.05) is 32.2 Å². The molecule has 0 aliphatic carbocycles. The second-order valence-corrected chi connectivity index (χ2v) is 6.68. The van der Waals surface area contributed by atoms with Gasteiger partial charge >= 0.3 is 0 Å². The van der Waals surface area contributed by atoms with Crippen LogP contribution in [0.25, 0.3) is 0 Å². The summed E-state index contributed by atoms with van der Waals surface area (Å²) in [5.74, 6) is 0. The van der Waals surface area contributed by atoms with Crippen molar-refractivity contribution in [3.05, 3.63) is 35.9 Å². The van der Waals surface area contributed by atoms with Crippen LogP contribution in [0.5, 0.6) is 0 Å². The average Bonchev–Trinajstić information content (AvgIpc) is 2.54. The number of hydrogen-bond acceptors (Lipinski definition) is 3. The Morgan fingerprint density at radius 2 is 1.85 bits per heavy atom. The molecule has 2 rings (SSSR count). The van der Waals surface area contributed by atoms with Crippen LogP contribution in [0.1, 0.15) is 32.8 Å². The van der Waals surface area contributed by atoms with Gasteiger partial charge in [-0.05, 0) is 39.3 Å². The van der Waals surface area contributed by atoms with E-state index in [0.717, 1.165) is 32.7 Å². The Kier molecular flexibility index (Phi) is 5.19. The van der Waals surface area contributed by atoms with Gasteiger partial charge in [-0.1, -0.05) is 30.3 Å². The van der Waals surface area contributed by atoms with Gasteiger partial charge in [-0.25, -0.2) is 0 Å². The lowest BCUT2D eigenvalue weighted by Gasteiger charge is -2.28. The highest BCUT2D eigenvalue weighted by Gasteiger charge is 2.24. The number of rotatable bonds is 4. The summed E-state index contributed by atoms with van der Waals surface area (Å²) in [6.07, 6.45) is 1.17. The largest absolute Gasteiger partial charge is 0.389 e. The highest BCUT2D eigenvalue weighted by atomic mass is 16.3. The molecule has 1 aliphatic rings. The van der Waals surface area contributed by atoms with E-state index in [2.05, 4.69) is 47.1 Å². The van der Waals surface area contributed by atoms with Gasteiger partial charge in [0.1, 0.15) is 0 Å². The van der Waals surface area contributed by atoms with Gasteiger partial charge in [-0.3, -0.25) is 9.80 Å². The summed E-state index contributed by atoms with van der Waals surface area (Å²) in [6.45, 7) is 11.1. The molecule has 1 aliphatic heterocycles. The van der Waals surface area contributed by atoms with Crippen LogP contribution in [-0.4, -0.2) is 52.7 Å². The summed E-state index contributed by atoms with van der Waals surface area (Å²) < 4.78 is 0. The Balaban J connectivity index is 1.92. The van der Waals surface area contributed by atoms with Crippen LogP contribution < -0.4 is 0 Å². The quantitative estimate of drug-likeness (QED) is 0.914. The van der Waals surface area contributed by atoms with Crippen molar-refractivity contribution in [2.45, 2.75) is 45.4 Å². The molecule has 0 spiro atoms. The van der Waals surface area contributed by atoms with E-state index in [9.17, 15) is 5.11 Å². The van der Waals surface area contributed by atoms with Gasteiger partial charge in [0.15, 0.2) is 0 Å². The first-order valence-corrected chi connectivity index (χ1v) is 7.67. The van der Waals surface area contributed by atoms with Gasteiger partial charge in [0.05, 0.1) is 5.60 Å². The molecule has 0 bridgehead atoms. The van der Waals surface area contributed by atoms with Crippen molar-refractivity contribution in [1.29, 1.82) is 0 Å². The third-order valence-electron chi connectivity index (χ3n) is 4.03. The molecule has 112 valence electrons. The number of aliphatic hydroxyl groups is 1. The van der Waals surface area contributed by atoms with Crippen molar-refractivity contribution in [3.8, 4) is 0 Å². The van der Waals surface area contributed by atoms with Gasteiger partial charge in [-0.15, -0.1) is 0 Å². The first kappa shape index (κ1) is 15.5. The summed E-state index contributed by atoms with van der Waals surface area (Å²) >= 11 is 0. The topological polar surface area (TPSA) is 26.7 Å². The zero-order valence-corrected chi connectivity index (χ0v) is 13.0. The molecule has 1 aromatic rings.